The number of hydrogen-bond donors (Lipinski definition) is 1. The topological polar surface area (TPSA) is 49.8 Å². The number of aryl methyl sites for hydroxylation is 2. The molecule has 1 atom stereocenters. The van der Waals surface area contributed by atoms with Crippen LogP contribution in [-0.4, -0.2) is 23.2 Å². The molecule has 3 rings (SSSR count). The van der Waals surface area contributed by atoms with Crippen LogP contribution >= 0.6 is 11.6 Å². The van der Waals surface area contributed by atoms with Gasteiger partial charge in [0.15, 0.2) is 0 Å². The zero-order valence-corrected chi connectivity index (χ0v) is 13.3. The molecule has 0 aliphatic carbocycles. The predicted molar refractivity (Wildman–Crippen MR) is 83.5 cm³/mol. The molecule has 0 aromatic heterocycles. The van der Waals surface area contributed by atoms with Crippen LogP contribution < -0.4 is 0 Å². The molecule has 1 aliphatic heterocycles. The highest BCUT2D eigenvalue weighted by atomic mass is 35.5. The fourth-order valence-electron chi connectivity index (χ4n) is 3.12. The van der Waals surface area contributed by atoms with E-state index >= 15 is 0 Å². The highest BCUT2D eigenvalue weighted by Crippen LogP contribution is 2.44. The summed E-state index contributed by atoms with van der Waals surface area (Å²) in [5, 5.41) is 12.9. The minimum atomic E-state index is -1.66. The molecule has 1 heterocycles. The second-order valence-corrected chi connectivity index (χ2v) is 5.90. The number of rotatable bonds is 2. The van der Waals surface area contributed by atoms with Gasteiger partial charge in [0.05, 0.1) is 12.7 Å². The number of amides is 1. The maximum atomic E-state index is 12.6. The summed E-state index contributed by atoms with van der Waals surface area (Å²) < 4.78 is 0. The quantitative estimate of drug-likeness (QED) is 0.925. The minimum absolute atomic E-state index is 0.359. The molecule has 1 unspecified atom stereocenters. The molecule has 0 spiro atoms. The van der Waals surface area contributed by atoms with Crippen molar-refractivity contribution in [2.75, 3.05) is 7.11 Å². The Balaban J connectivity index is 2.31. The lowest BCUT2D eigenvalue weighted by Gasteiger charge is -2.33. The summed E-state index contributed by atoms with van der Waals surface area (Å²) in [6.45, 7) is 3.79. The number of aliphatic hydroxyl groups is 1. The molecular formula is C17H16ClNO3. The number of carbonyl (C=O) groups is 1. The van der Waals surface area contributed by atoms with Crippen LogP contribution in [0, 0.1) is 13.8 Å². The van der Waals surface area contributed by atoms with E-state index in [1.807, 2.05) is 19.9 Å². The van der Waals surface area contributed by atoms with E-state index < -0.39 is 5.72 Å². The first-order valence-electron chi connectivity index (χ1n) is 6.88. The summed E-state index contributed by atoms with van der Waals surface area (Å²) in [5.41, 5.74) is 1.66. The first-order valence-corrected chi connectivity index (χ1v) is 7.26. The van der Waals surface area contributed by atoms with E-state index in [1.54, 1.807) is 30.3 Å². The zero-order valence-electron chi connectivity index (χ0n) is 12.6. The van der Waals surface area contributed by atoms with Crippen molar-refractivity contribution >= 4 is 17.5 Å². The lowest BCUT2D eigenvalue weighted by atomic mass is 9.90. The number of fused-ring (bicyclic) bond motifs is 1. The molecule has 1 amide bonds. The van der Waals surface area contributed by atoms with E-state index in [0.717, 1.165) is 16.2 Å². The second-order valence-electron chi connectivity index (χ2n) is 5.47. The molecule has 0 fully saturated rings. The third-order valence-corrected chi connectivity index (χ3v) is 4.22. The van der Waals surface area contributed by atoms with Crippen LogP contribution in [0.25, 0.3) is 0 Å². The van der Waals surface area contributed by atoms with Crippen LogP contribution in [0.3, 0.4) is 0 Å². The molecule has 0 saturated carbocycles. The van der Waals surface area contributed by atoms with Crippen LogP contribution in [-0.2, 0) is 10.6 Å². The number of hydroxylamine groups is 2. The number of benzene rings is 2. The van der Waals surface area contributed by atoms with Gasteiger partial charge in [-0.05, 0) is 37.6 Å². The number of nitrogens with zero attached hydrogens (tertiary/aromatic N) is 1. The molecule has 1 N–H and O–H groups in total. The Morgan fingerprint density at radius 1 is 1.18 bits per heavy atom. The molecule has 0 radical (unpaired) electrons. The SMILES string of the molecule is CON1C(=O)c2cc(C)cc(C)c2C1(O)c1ccc(Cl)cc1. The van der Waals surface area contributed by atoms with Gasteiger partial charge in [0.1, 0.15) is 0 Å². The van der Waals surface area contributed by atoms with Crippen molar-refractivity contribution in [3.8, 4) is 0 Å². The van der Waals surface area contributed by atoms with E-state index in [1.165, 1.54) is 7.11 Å². The monoisotopic (exact) mass is 317 g/mol. The number of halogens is 1. The number of carbonyl (C=O) groups excluding carboxylic acids is 1. The Morgan fingerprint density at radius 3 is 2.41 bits per heavy atom. The van der Waals surface area contributed by atoms with Gasteiger partial charge in [0.25, 0.3) is 5.91 Å². The van der Waals surface area contributed by atoms with Crippen LogP contribution in [0.5, 0.6) is 0 Å². The Labute approximate surface area is 133 Å². The van der Waals surface area contributed by atoms with Crippen molar-refractivity contribution in [3.05, 3.63) is 69.2 Å². The van der Waals surface area contributed by atoms with E-state index in [-0.39, 0.29) is 5.91 Å². The molecule has 22 heavy (non-hydrogen) atoms. The maximum Gasteiger partial charge on any atom is 0.281 e. The van der Waals surface area contributed by atoms with Crippen LogP contribution in [0.2, 0.25) is 5.02 Å². The van der Waals surface area contributed by atoms with E-state index in [9.17, 15) is 9.90 Å². The fourth-order valence-corrected chi connectivity index (χ4v) is 3.24. The van der Waals surface area contributed by atoms with Crippen molar-refractivity contribution in [1.29, 1.82) is 0 Å². The van der Waals surface area contributed by atoms with E-state index in [0.29, 0.717) is 21.7 Å². The maximum absolute atomic E-state index is 12.6. The lowest BCUT2D eigenvalue weighted by Crippen LogP contribution is -2.44. The Hall–Kier alpha value is -1.88. The van der Waals surface area contributed by atoms with Crippen molar-refractivity contribution < 1.29 is 14.7 Å². The van der Waals surface area contributed by atoms with Crippen molar-refractivity contribution in [2.45, 2.75) is 19.6 Å². The minimum Gasteiger partial charge on any atom is -0.361 e. The third-order valence-electron chi connectivity index (χ3n) is 3.97. The van der Waals surface area contributed by atoms with Crippen molar-refractivity contribution in [2.24, 2.45) is 0 Å². The smallest absolute Gasteiger partial charge is 0.281 e. The molecule has 0 bridgehead atoms. The van der Waals surface area contributed by atoms with Gasteiger partial charge in [0.2, 0.25) is 5.72 Å². The Bertz CT molecular complexity index is 757. The lowest BCUT2D eigenvalue weighted by molar-refractivity contribution is -0.223. The molecule has 5 heteroatoms. The zero-order chi connectivity index (χ0) is 16.1. The predicted octanol–water partition coefficient (Wildman–Crippen LogP) is 3.17. The molecule has 2 aromatic rings. The molecule has 1 aliphatic rings. The molecule has 0 saturated heterocycles. The summed E-state index contributed by atoms with van der Waals surface area (Å²) >= 11 is 5.92. The first-order chi connectivity index (χ1) is 10.4. The van der Waals surface area contributed by atoms with Crippen LogP contribution in [0.4, 0.5) is 0 Å². The van der Waals surface area contributed by atoms with Crippen molar-refractivity contribution in [1.82, 2.24) is 5.06 Å². The number of hydrogen-bond acceptors (Lipinski definition) is 3. The van der Waals surface area contributed by atoms with Gasteiger partial charge in [-0.25, -0.2) is 0 Å². The summed E-state index contributed by atoms with van der Waals surface area (Å²) in [7, 11) is 1.37. The first kappa shape index (κ1) is 15.0. The summed E-state index contributed by atoms with van der Waals surface area (Å²) in [4.78, 5) is 17.8. The Kier molecular flexibility index (Phi) is 3.48. The summed E-state index contributed by atoms with van der Waals surface area (Å²) in [6, 6.07) is 10.4. The van der Waals surface area contributed by atoms with Gasteiger partial charge >= 0.3 is 0 Å². The van der Waals surface area contributed by atoms with E-state index in [2.05, 4.69) is 0 Å². The molecular weight excluding hydrogens is 302 g/mol. The molecule has 2 aromatic carbocycles. The van der Waals surface area contributed by atoms with Gasteiger partial charge in [0, 0.05) is 16.1 Å². The van der Waals surface area contributed by atoms with Gasteiger partial charge in [-0.1, -0.05) is 35.4 Å². The fraction of sp³-hybridized carbons (Fsp3) is 0.235. The normalized spacial score (nSPS) is 20.4. The largest absolute Gasteiger partial charge is 0.361 e. The molecule has 114 valence electrons. The summed E-state index contributed by atoms with van der Waals surface area (Å²) in [6.07, 6.45) is 0. The van der Waals surface area contributed by atoms with Gasteiger partial charge in [-0.3, -0.25) is 9.63 Å². The third kappa shape index (κ3) is 1.96. The van der Waals surface area contributed by atoms with Gasteiger partial charge in [-0.2, -0.15) is 5.06 Å². The van der Waals surface area contributed by atoms with Crippen molar-refractivity contribution in [3.63, 3.8) is 0 Å². The van der Waals surface area contributed by atoms with Crippen LogP contribution in [0.15, 0.2) is 36.4 Å². The highest BCUT2D eigenvalue weighted by Gasteiger charge is 2.52. The summed E-state index contributed by atoms with van der Waals surface area (Å²) in [5.74, 6) is -0.359. The van der Waals surface area contributed by atoms with Gasteiger partial charge in [-0.15, -0.1) is 0 Å². The van der Waals surface area contributed by atoms with Gasteiger partial charge < -0.3 is 5.11 Å². The average molecular weight is 318 g/mol. The highest BCUT2D eigenvalue weighted by molar-refractivity contribution is 6.30. The second kappa shape index (κ2) is 5.09. The Morgan fingerprint density at radius 2 is 1.82 bits per heavy atom. The van der Waals surface area contributed by atoms with Crippen LogP contribution in [0.1, 0.15) is 32.6 Å². The standard InChI is InChI=1S/C17H16ClNO3/c1-10-8-11(2)15-14(9-10)16(20)19(22-3)17(15,21)12-4-6-13(18)7-5-12/h4-9,21H,1-3H3. The average Bonchev–Trinajstić information content (AvgIpc) is 2.68. The van der Waals surface area contributed by atoms with E-state index in [4.69, 9.17) is 16.4 Å². The molecule has 4 nitrogen and oxygen atoms in total.